The number of nitrogens with one attached hydrogen (secondary N) is 1. The van der Waals surface area contributed by atoms with Gasteiger partial charge in [-0.1, -0.05) is 0 Å². The van der Waals surface area contributed by atoms with E-state index in [1.165, 1.54) is 6.20 Å². The molecule has 1 aromatic heterocycles. The second-order valence-corrected chi connectivity index (χ2v) is 5.11. The largest absolute Gasteiger partial charge is 0.395 e. The molecule has 0 bridgehead atoms. The number of aromatic amines is 1. The average molecular weight is 260 g/mol. The lowest BCUT2D eigenvalue weighted by atomic mass is 10.1. The second-order valence-electron chi connectivity index (χ2n) is 3.75. The van der Waals surface area contributed by atoms with Crippen molar-refractivity contribution in [2.24, 2.45) is 0 Å². The van der Waals surface area contributed by atoms with Crippen molar-refractivity contribution in [1.82, 2.24) is 9.55 Å². The molecule has 1 aromatic rings. The van der Waals surface area contributed by atoms with Crippen molar-refractivity contribution in [2.45, 2.75) is 22.8 Å². The Bertz CT molecular complexity index is 513. The molecular weight excluding hydrogens is 248 g/mol. The van der Waals surface area contributed by atoms with Crippen LogP contribution in [0, 0.1) is 0 Å². The molecule has 2 rings (SSSR count). The number of rotatable bonds is 2. The van der Waals surface area contributed by atoms with Crippen molar-refractivity contribution >= 4 is 11.8 Å². The van der Waals surface area contributed by atoms with Gasteiger partial charge in [-0.3, -0.25) is 14.3 Å². The van der Waals surface area contributed by atoms with Crippen LogP contribution in [0.1, 0.15) is 5.37 Å². The second kappa shape index (κ2) is 4.65. The first-order valence-electron chi connectivity index (χ1n) is 4.98. The topological polar surface area (TPSA) is 116 Å². The van der Waals surface area contributed by atoms with Crippen LogP contribution in [-0.4, -0.2) is 48.9 Å². The summed E-state index contributed by atoms with van der Waals surface area (Å²) in [6, 6.07) is 1.16. The molecule has 1 aliphatic rings. The maximum absolute atomic E-state index is 11.5. The summed E-state index contributed by atoms with van der Waals surface area (Å²) in [5, 5.41) is 27.1. The van der Waals surface area contributed by atoms with Gasteiger partial charge >= 0.3 is 5.69 Å². The van der Waals surface area contributed by atoms with Gasteiger partial charge < -0.3 is 15.3 Å². The third kappa shape index (κ3) is 2.16. The lowest BCUT2D eigenvalue weighted by Gasteiger charge is -2.17. The maximum Gasteiger partial charge on any atom is 0.329 e. The van der Waals surface area contributed by atoms with Crippen molar-refractivity contribution in [2.75, 3.05) is 6.61 Å². The summed E-state index contributed by atoms with van der Waals surface area (Å²) in [4.78, 5) is 24.5. The van der Waals surface area contributed by atoms with Crippen molar-refractivity contribution in [1.29, 1.82) is 0 Å². The van der Waals surface area contributed by atoms with E-state index < -0.39 is 34.1 Å². The van der Waals surface area contributed by atoms with Gasteiger partial charge in [-0.2, -0.15) is 0 Å². The zero-order chi connectivity index (χ0) is 12.6. The van der Waals surface area contributed by atoms with Crippen molar-refractivity contribution < 1.29 is 15.3 Å². The standard InChI is InChI=1S/C9H12N2O5S/c12-3-4-6(14)7(15)8(17-4)11-2-1-5(13)10-9(11)16/h1-2,4,6-8,12,14-15H,3H2,(H,10,13,16)/t4-,6-,7+,8?/m1/s1. The Balaban J connectivity index is 2.35. The molecule has 1 unspecified atom stereocenters. The van der Waals surface area contributed by atoms with E-state index in [-0.39, 0.29) is 6.61 Å². The molecule has 8 heteroatoms. The minimum Gasteiger partial charge on any atom is -0.395 e. The molecule has 17 heavy (non-hydrogen) atoms. The van der Waals surface area contributed by atoms with Crippen LogP contribution in [-0.2, 0) is 0 Å². The summed E-state index contributed by atoms with van der Waals surface area (Å²) in [5.41, 5.74) is -1.18. The Labute approximate surface area is 99.7 Å². The first-order valence-corrected chi connectivity index (χ1v) is 5.93. The highest BCUT2D eigenvalue weighted by Crippen LogP contribution is 2.40. The molecular formula is C9H12N2O5S. The molecule has 1 saturated heterocycles. The van der Waals surface area contributed by atoms with Gasteiger partial charge in [-0.15, -0.1) is 11.8 Å². The molecule has 7 nitrogen and oxygen atoms in total. The summed E-state index contributed by atoms with van der Waals surface area (Å²) in [6.07, 6.45) is -1.01. The predicted octanol–water partition coefficient (Wildman–Crippen LogP) is -2.14. The number of aliphatic hydroxyl groups excluding tert-OH is 3. The lowest BCUT2D eigenvalue weighted by molar-refractivity contribution is 0.0101. The molecule has 4 atom stereocenters. The highest BCUT2D eigenvalue weighted by molar-refractivity contribution is 8.00. The zero-order valence-corrected chi connectivity index (χ0v) is 9.50. The van der Waals surface area contributed by atoms with Crippen molar-refractivity contribution in [3.63, 3.8) is 0 Å². The van der Waals surface area contributed by atoms with Gasteiger partial charge in [-0.05, 0) is 0 Å². The van der Waals surface area contributed by atoms with Crippen LogP contribution in [0.15, 0.2) is 21.9 Å². The average Bonchev–Trinajstić information content (AvgIpc) is 2.57. The van der Waals surface area contributed by atoms with Gasteiger partial charge in [0, 0.05) is 12.3 Å². The minimum absolute atomic E-state index is 0.294. The first kappa shape index (κ1) is 12.4. The molecule has 0 saturated carbocycles. The zero-order valence-electron chi connectivity index (χ0n) is 8.68. The maximum atomic E-state index is 11.5. The van der Waals surface area contributed by atoms with E-state index in [0.717, 1.165) is 22.4 Å². The van der Waals surface area contributed by atoms with E-state index in [2.05, 4.69) is 4.98 Å². The lowest BCUT2D eigenvalue weighted by Crippen LogP contribution is -2.37. The number of aromatic nitrogens is 2. The third-order valence-corrected chi connectivity index (χ3v) is 4.20. The van der Waals surface area contributed by atoms with Gasteiger partial charge in [0.05, 0.1) is 18.0 Å². The van der Waals surface area contributed by atoms with Crippen LogP contribution < -0.4 is 11.2 Å². The molecule has 0 spiro atoms. The van der Waals surface area contributed by atoms with Gasteiger partial charge in [-0.25, -0.2) is 4.79 Å². The Morgan fingerprint density at radius 1 is 1.35 bits per heavy atom. The fourth-order valence-corrected chi connectivity index (χ4v) is 3.12. The summed E-state index contributed by atoms with van der Waals surface area (Å²) in [6.45, 7) is -0.294. The Kier molecular flexibility index (Phi) is 3.38. The molecule has 1 aliphatic heterocycles. The SMILES string of the molecule is O=c1ccn(C2S[C@H](CO)[C@@H](O)[C@@H]2O)c(=O)[nH]1. The highest BCUT2D eigenvalue weighted by Gasteiger charge is 2.43. The Hall–Kier alpha value is -1.09. The monoisotopic (exact) mass is 260 g/mol. The van der Waals surface area contributed by atoms with Crippen LogP contribution in [0.4, 0.5) is 0 Å². The molecule has 0 radical (unpaired) electrons. The summed E-state index contributed by atoms with van der Waals surface area (Å²) in [5.74, 6) is 0. The van der Waals surface area contributed by atoms with Crippen LogP contribution in [0.25, 0.3) is 0 Å². The normalized spacial score (nSPS) is 32.9. The van der Waals surface area contributed by atoms with Crippen LogP contribution in [0.2, 0.25) is 0 Å². The molecule has 94 valence electrons. The quantitative estimate of drug-likeness (QED) is 0.482. The van der Waals surface area contributed by atoms with E-state index in [1.54, 1.807) is 0 Å². The fraction of sp³-hybridized carbons (Fsp3) is 0.556. The molecule has 2 heterocycles. The van der Waals surface area contributed by atoms with Gasteiger partial charge in [0.15, 0.2) is 0 Å². The van der Waals surface area contributed by atoms with Crippen molar-refractivity contribution in [3.05, 3.63) is 33.1 Å². The molecule has 1 fully saturated rings. The number of aliphatic hydroxyl groups is 3. The number of thioether (sulfide) groups is 1. The van der Waals surface area contributed by atoms with Crippen molar-refractivity contribution in [3.8, 4) is 0 Å². The smallest absolute Gasteiger partial charge is 0.329 e. The van der Waals surface area contributed by atoms with Gasteiger partial charge in [0.1, 0.15) is 11.5 Å². The van der Waals surface area contributed by atoms with E-state index in [9.17, 15) is 19.8 Å². The molecule has 0 aromatic carbocycles. The number of hydrogen-bond acceptors (Lipinski definition) is 6. The van der Waals surface area contributed by atoms with E-state index in [1.807, 2.05) is 0 Å². The summed E-state index contributed by atoms with van der Waals surface area (Å²) < 4.78 is 1.13. The Morgan fingerprint density at radius 2 is 2.06 bits per heavy atom. The molecule has 0 amide bonds. The van der Waals surface area contributed by atoms with E-state index in [4.69, 9.17) is 5.11 Å². The summed E-state index contributed by atoms with van der Waals surface area (Å²) >= 11 is 1.09. The number of nitrogens with zero attached hydrogens (tertiary/aromatic N) is 1. The molecule has 4 N–H and O–H groups in total. The van der Waals surface area contributed by atoms with E-state index in [0.29, 0.717) is 0 Å². The number of H-pyrrole nitrogens is 1. The third-order valence-electron chi connectivity index (χ3n) is 2.64. The summed E-state index contributed by atoms with van der Waals surface area (Å²) in [7, 11) is 0. The fourth-order valence-electron chi connectivity index (χ4n) is 1.74. The van der Waals surface area contributed by atoms with Crippen LogP contribution in [0.3, 0.4) is 0 Å². The van der Waals surface area contributed by atoms with Crippen LogP contribution >= 0.6 is 11.8 Å². The predicted molar refractivity (Wildman–Crippen MR) is 60.8 cm³/mol. The first-order chi connectivity index (χ1) is 8.04. The highest BCUT2D eigenvalue weighted by atomic mass is 32.2. The van der Waals surface area contributed by atoms with E-state index >= 15 is 0 Å². The number of hydrogen-bond donors (Lipinski definition) is 4. The minimum atomic E-state index is -1.17. The van der Waals surface area contributed by atoms with Crippen LogP contribution in [0.5, 0.6) is 0 Å². The van der Waals surface area contributed by atoms with Gasteiger partial charge in [0.2, 0.25) is 0 Å². The van der Waals surface area contributed by atoms with Gasteiger partial charge in [0.25, 0.3) is 5.56 Å². The molecule has 0 aliphatic carbocycles. The Morgan fingerprint density at radius 3 is 2.59 bits per heavy atom.